The molecule has 0 fully saturated rings. The molecular formula is C18H19IN2O3. The molecule has 0 saturated carbocycles. The zero-order valence-electron chi connectivity index (χ0n) is 14.1. The second-order valence-electron chi connectivity index (χ2n) is 5.03. The lowest BCUT2D eigenvalue weighted by Crippen LogP contribution is -2.01. The smallest absolute Gasteiger partial charge is 0.237 e. The summed E-state index contributed by atoms with van der Waals surface area (Å²) in [6.45, 7) is 8.65. The molecule has 1 aromatic carbocycles. The molecule has 0 unspecified atom stereocenters. The molecular weight excluding hydrogens is 419 g/mol. The topological polar surface area (TPSA) is 67.8 Å². The van der Waals surface area contributed by atoms with Crippen LogP contribution in [0.4, 0.5) is 5.88 Å². The Morgan fingerprint density at radius 2 is 1.96 bits per heavy atom. The predicted octanol–water partition coefficient (Wildman–Crippen LogP) is 4.92. The summed E-state index contributed by atoms with van der Waals surface area (Å²) in [5.41, 5.74) is 2.14. The number of nitriles is 1. The van der Waals surface area contributed by atoms with Crippen molar-refractivity contribution in [2.24, 2.45) is 4.99 Å². The number of benzene rings is 1. The van der Waals surface area contributed by atoms with Crippen molar-refractivity contribution in [1.29, 1.82) is 5.26 Å². The fourth-order valence-electron chi connectivity index (χ4n) is 2.17. The lowest BCUT2D eigenvalue weighted by atomic mass is 10.2. The maximum atomic E-state index is 9.24. The Balaban J connectivity index is 2.40. The van der Waals surface area contributed by atoms with E-state index >= 15 is 0 Å². The van der Waals surface area contributed by atoms with E-state index in [1.165, 1.54) is 0 Å². The Kier molecular flexibility index (Phi) is 6.26. The zero-order chi connectivity index (χ0) is 17.7. The molecule has 1 aromatic heterocycles. The molecule has 5 nitrogen and oxygen atoms in total. The van der Waals surface area contributed by atoms with Crippen LogP contribution in [0, 0.1) is 28.7 Å². The number of halogens is 1. The molecule has 0 amide bonds. The van der Waals surface area contributed by atoms with Crippen LogP contribution in [0.15, 0.2) is 21.5 Å². The van der Waals surface area contributed by atoms with Crippen molar-refractivity contribution < 1.29 is 13.9 Å². The number of rotatable bonds is 6. The highest BCUT2D eigenvalue weighted by Crippen LogP contribution is 2.34. The fraction of sp³-hybridized carbons (Fsp3) is 0.333. The first-order valence-corrected chi connectivity index (χ1v) is 8.72. The van der Waals surface area contributed by atoms with Crippen LogP contribution in [0.2, 0.25) is 0 Å². The largest absolute Gasteiger partial charge is 0.490 e. The van der Waals surface area contributed by atoms with Gasteiger partial charge in [-0.25, -0.2) is 4.99 Å². The number of hydrogen-bond acceptors (Lipinski definition) is 5. The van der Waals surface area contributed by atoms with Crippen LogP contribution < -0.4 is 9.47 Å². The van der Waals surface area contributed by atoms with Gasteiger partial charge in [-0.3, -0.25) is 0 Å². The predicted molar refractivity (Wildman–Crippen MR) is 102 cm³/mol. The van der Waals surface area contributed by atoms with Gasteiger partial charge < -0.3 is 13.9 Å². The molecule has 0 aliphatic rings. The molecule has 6 heteroatoms. The van der Waals surface area contributed by atoms with Crippen molar-refractivity contribution in [1.82, 2.24) is 0 Å². The molecule has 24 heavy (non-hydrogen) atoms. The Labute approximate surface area is 155 Å². The maximum absolute atomic E-state index is 9.24. The molecule has 1 heterocycles. The van der Waals surface area contributed by atoms with Gasteiger partial charge in [-0.2, -0.15) is 5.26 Å². The second kappa shape index (κ2) is 8.20. The van der Waals surface area contributed by atoms with Crippen LogP contribution >= 0.6 is 22.6 Å². The van der Waals surface area contributed by atoms with Crippen molar-refractivity contribution >= 4 is 34.7 Å². The number of hydrogen-bond donors (Lipinski definition) is 0. The highest BCUT2D eigenvalue weighted by atomic mass is 127. The summed E-state index contributed by atoms with van der Waals surface area (Å²) in [5, 5.41) is 9.24. The summed E-state index contributed by atoms with van der Waals surface area (Å²) in [5.74, 6) is 2.45. The van der Waals surface area contributed by atoms with Crippen molar-refractivity contribution in [3.63, 3.8) is 0 Å². The minimum Gasteiger partial charge on any atom is -0.490 e. The summed E-state index contributed by atoms with van der Waals surface area (Å²) in [4.78, 5) is 4.33. The normalized spacial score (nSPS) is 10.8. The van der Waals surface area contributed by atoms with Crippen molar-refractivity contribution in [3.05, 3.63) is 38.2 Å². The summed E-state index contributed by atoms with van der Waals surface area (Å²) in [7, 11) is 0. The van der Waals surface area contributed by atoms with E-state index in [4.69, 9.17) is 13.9 Å². The average molecular weight is 438 g/mol. The van der Waals surface area contributed by atoms with Crippen molar-refractivity contribution in [2.45, 2.75) is 27.7 Å². The molecule has 2 rings (SSSR count). The van der Waals surface area contributed by atoms with Crippen LogP contribution in [-0.4, -0.2) is 19.4 Å². The van der Waals surface area contributed by atoms with Gasteiger partial charge in [0.15, 0.2) is 11.5 Å². The van der Waals surface area contributed by atoms with E-state index in [0.717, 1.165) is 20.4 Å². The molecule has 0 N–H and O–H groups in total. The number of furan rings is 1. The van der Waals surface area contributed by atoms with E-state index in [0.29, 0.717) is 36.2 Å². The van der Waals surface area contributed by atoms with E-state index in [9.17, 15) is 5.26 Å². The van der Waals surface area contributed by atoms with E-state index in [-0.39, 0.29) is 0 Å². The van der Waals surface area contributed by atoms with E-state index in [2.05, 4.69) is 33.7 Å². The first-order chi connectivity index (χ1) is 11.5. The third kappa shape index (κ3) is 3.90. The van der Waals surface area contributed by atoms with Crippen molar-refractivity contribution in [3.8, 4) is 17.6 Å². The van der Waals surface area contributed by atoms with Crippen molar-refractivity contribution in [2.75, 3.05) is 13.2 Å². The molecule has 0 saturated heterocycles. The first kappa shape index (κ1) is 18.3. The Morgan fingerprint density at radius 1 is 1.25 bits per heavy atom. The van der Waals surface area contributed by atoms with Gasteiger partial charge in [0.05, 0.1) is 16.8 Å². The SMILES string of the molecule is CCOc1cc(C=Nc2oc(C)c(C)c2C#N)cc(I)c1OCC. The minimum atomic E-state index is 0.328. The van der Waals surface area contributed by atoms with Gasteiger partial charge in [0, 0.05) is 11.8 Å². The van der Waals surface area contributed by atoms with E-state index in [1.54, 1.807) is 6.21 Å². The zero-order valence-corrected chi connectivity index (χ0v) is 16.3. The highest BCUT2D eigenvalue weighted by Gasteiger charge is 2.14. The van der Waals surface area contributed by atoms with Crippen LogP contribution in [0.25, 0.3) is 0 Å². The van der Waals surface area contributed by atoms with Gasteiger partial charge in [0.1, 0.15) is 17.4 Å². The van der Waals surface area contributed by atoms with E-state index in [1.807, 2.05) is 39.8 Å². The number of nitrogens with zero attached hydrogens (tertiary/aromatic N) is 2. The number of ether oxygens (including phenoxy) is 2. The quantitative estimate of drug-likeness (QED) is 0.474. The molecule has 2 aromatic rings. The molecule has 126 valence electrons. The summed E-state index contributed by atoms with van der Waals surface area (Å²) in [6.07, 6.45) is 1.67. The summed E-state index contributed by atoms with van der Waals surface area (Å²) in [6, 6.07) is 5.96. The lowest BCUT2D eigenvalue weighted by Gasteiger charge is -2.13. The summed E-state index contributed by atoms with van der Waals surface area (Å²) < 4.78 is 17.8. The second-order valence-corrected chi connectivity index (χ2v) is 6.19. The molecule has 0 atom stereocenters. The average Bonchev–Trinajstić information content (AvgIpc) is 2.83. The standard InChI is InChI=1S/C18H19IN2O3/c1-5-22-16-8-13(7-15(19)17(16)23-6-2)10-21-18-14(9-20)11(3)12(4)24-18/h7-8,10H,5-6H2,1-4H3. The molecule has 0 aliphatic heterocycles. The van der Waals surface area contributed by atoms with Gasteiger partial charge >= 0.3 is 0 Å². The van der Waals surface area contributed by atoms with Gasteiger partial charge in [-0.05, 0) is 68.0 Å². The molecule has 0 aliphatic carbocycles. The molecule has 0 radical (unpaired) electrons. The number of aliphatic imine (C=N–C) groups is 1. The Bertz CT molecular complexity index is 804. The third-order valence-corrected chi connectivity index (χ3v) is 4.23. The first-order valence-electron chi connectivity index (χ1n) is 7.65. The highest BCUT2D eigenvalue weighted by molar-refractivity contribution is 14.1. The molecule has 0 spiro atoms. The van der Waals surface area contributed by atoms with E-state index < -0.39 is 0 Å². The minimum absolute atomic E-state index is 0.328. The maximum Gasteiger partial charge on any atom is 0.237 e. The van der Waals surface area contributed by atoms with Gasteiger partial charge in [0.2, 0.25) is 5.88 Å². The fourth-order valence-corrected chi connectivity index (χ4v) is 2.96. The third-order valence-electron chi connectivity index (χ3n) is 3.43. The van der Waals surface area contributed by atoms with Crippen LogP contribution in [-0.2, 0) is 0 Å². The lowest BCUT2D eigenvalue weighted by molar-refractivity contribution is 0.286. The number of aryl methyl sites for hydroxylation is 1. The monoisotopic (exact) mass is 438 g/mol. The molecule has 0 bridgehead atoms. The van der Waals surface area contributed by atoms with Crippen LogP contribution in [0.3, 0.4) is 0 Å². The van der Waals surface area contributed by atoms with Crippen LogP contribution in [0.1, 0.15) is 36.3 Å². The van der Waals surface area contributed by atoms with Crippen LogP contribution in [0.5, 0.6) is 11.5 Å². The Hall–Kier alpha value is -2.01. The van der Waals surface area contributed by atoms with Gasteiger partial charge in [-0.1, -0.05) is 0 Å². The Morgan fingerprint density at radius 3 is 2.58 bits per heavy atom. The van der Waals surface area contributed by atoms with Gasteiger partial charge in [0.25, 0.3) is 0 Å². The summed E-state index contributed by atoms with van der Waals surface area (Å²) >= 11 is 2.21. The van der Waals surface area contributed by atoms with Gasteiger partial charge in [-0.15, -0.1) is 0 Å².